The number of aryl methyl sites for hydroxylation is 2. The fourth-order valence-corrected chi connectivity index (χ4v) is 5.40. The Morgan fingerprint density at radius 2 is 1.60 bits per heavy atom. The molecule has 0 saturated carbocycles. The van der Waals surface area contributed by atoms with Crippen molar-refractivity contribution in [2.45, 2.75) is 37.3 Å². The predicted octanol–water partition coefficient (Wildman–Crippen LogP) is 7.10. The molecule has 0 radical (unpaired) electrons. The number of thioether (sulfide) groups is 1. The number of hydrogen-bond acceptors (Lipinski definition) is 6. The maximum absolute atomic E-state index is 13.5. The number of rotatable bonds is 12. The third kappa shape index (κ3) is 8.77. The van der Waals surface area contributed by atoms with Gasteiger partial charge in [0.15, 0.2) is 0 Å². The third-order valence-corrected chi connectivity index (χ3v) is 8.16. The molecule has 0 aliphatic heterocycles. The molecule has 232 valence electrons. The van der Waals surface area contributed by atoms with Crippen LogP contribution in [0.15, 0.2) is 102 Å². The van der Waals surface area contributed by atoms with E-state index in [1.165, 1.54) is 18.9 Å². The molecule has 4 rings (SSSR count). The van der Waals surface area contributed by atoms with Crippen LogP contribution in [0.2, 0.25) is 0 Å². The van der Waals surface area contributed by atoms with E-state index in [9.17, 15) is 14.4 Å². The summed E-state index contributed by atoms with van der Waals surface area (Å²) in [5.74, 6) is 0.0326. The van der Waals surface area contributed by atoms with Crippen LogP contribution < -0.4 is 25.4 Å². The summed E-state index contributed by atoms with van der Waals surface area (Å²) in [5, 5.41) is 8.33. The number of carbonyl (C=O) groups excluding carboxylic acids is 3. The molecule has 3 amide bonds. The predicted molar refractivity (Wildman–Crippen MR) is 181 cm³/mol. The molecule has 0 aliphatic rings. The highest BCUT2D eigenvalue weighted by Crippen LogP contribution is 2.29. The lowest BCUT2D eigenvalue weighted by Gasteiger charge is -2.16. The quantitative estimate of drug-likeness (QED) is 0.115. The topological polar surface area (TPSA) is 106 Å². The highest BCUT2D eigenvalue weighted by Gasteiger charge is 2.19. The van der Waals surface area contributed by atoms with Crippen molar-refractivity contribution in [3.05, 3.63) is 119 Å². The molecule has 0 spiro atoms. The van der Waals surface area contributed by atoms with E-state index < -0.39 is 11.8 Å². The van der Waals surface area contributed by atoms with E-state index in [1.807, 2.05) is 50.2 Å². The summed E-state index contributed by atoms with van der Waals surface area (Å²) < 4.78 is 10.8. The van der Waals surface area contributed by atoms with Crippen LogP contribution in [0.1, 0.15) is 40.9 Å². The van der Waals surface area contributed by atoms with Gasteiger partial charge in [0.05, 0.1) is 19.5 Å². The second-order valence-corrected chi connectivity index (χ2v) is 11.6. The zero-order chi connectivity index (χ0) is 32.3. The summed E-state index contributed by atoms with van der Waals surface area (Å²) in [6.45, 7) is 5.91. The van der Waals surface area contributed by atoms with Crippen molar-refractivity contribution in [2.24, 2.45) is 0 Å². The van der Waals surface area contributed by atoms with Crippen LogP contribution in [0, 0.1) is 6.92 Å². The molecule has 4 aromatic carbocycles. The Morgan fingerprint density at radius 1 is 0.867 bits per heavy atom. The first-order valence-corrected chi connectivity index (χ1v) is 15.4. The fourth-order valence-electron chi connectivity index (χ4n) is 4.54. The van der Waals surface area contributed by atoms with Crippen LogP contribution in [0.3, 0.4) is 0 Å². The molecule has 3 N–H and O–H groups in total. The molecule has 0 bridgehead atoms. The second kappa shape index (κ2) is 15.6. The molecule has 0 heterocycles. The van der Waals surface area contributed by atoms with E-state index in [0.717, 1.165) is 28.1 Å². The van der Waals surface area contributed by atoms with Crippen molar-refractivity contribution in [3.63, 3.8) is 0 Å². The molecule has 4 aromatic rings. The van der Waals surface area contributed by atoms with Gasteiger partial charge in [0.25, 0.3) is 11.8 Å². The number of anilines is 2. The number of ether oxygens (including phenoxy) is 2. The average Bonchev–Trinajstić information content (AvgIpc) is 3.06. The molecular formula is C36H37N3O5S. The minimum Gasteiger partial charge on any atom is -0.497 e. The molecule has 0 saturated heterocycles. The summed E-state index contributed by atoms with van der Waals surface area (Å²) in [6.07, 6.45) is 2.38. The van der Waals surface area contributed by atoms with Gasteiger partial charge in [0.1, 0.15) is 17.2 Å². The summed E-state index contributed by atoms with van der Waals surface area (Å²) in [5.41, 5.74) is 4.52. The lowest BCUT2D eigenvalue weighted by atomic mass is 10.1. The second-order valence-electron chi connectivity index (χ2n) is 10.2. The van der Waals surface area contributed by atoms with Crippen LogP contribution >= 0.6 is 11.8 Å². The van der Waals surface area contributed by atoms with E-state index in [0.29, 0.717) is 28.3 Å². The standard InChI is InChI=1S/C36H37N3O5S/c1-6-25-14-10-11-23(2)33(25)39-34(40)24(3)45-30-19-16-28(17-20-30)37-36(42)31(38-35(41)26-12-8-7-9-13-26)21-27-15-18-29(43-4)22-32(27)44-5/h7-22,24H,6H2,1-5H3,(H,37,42)(H,38,41)(H,39,40)/b31-21-. The largest absolute Gasteiger partial charge is 0.497 e. The summed E-state index contributed by atoms with van der Waals surface area (Å²) >= 11 is 1.42. The monoisotopic (exact) mass is 623 g/mol. The van der Waals surface area contributed by atoms with E-state index in [4.69, 9.17) is 9.47 Å². The van der Waals surface area contributed by atoms with Crippen molar-refractivity contribution in [2.75, 3.05) is 24.9 Å². The third-order valence-electron chi connectivity index (χ3n) is 7.05. The smallest absolute Gasteiger partial charge is 0.272 e. The van der Waals surface area contributed by atoms with E-state index in [-0.39, 0.29) is 16.9 Å². The van der Waals surface area contributed by atoms with Crippen molar-refractivity contribution < 1.29 is 23.9 Å². The van der Waals surface area contributed by atoms with Gasteiger partial charge in [-0.3, -0.25) is 14.4 Å². The van der Waals surface area contributed by atoms with Gasteiger partial charge in [-0.15, -0.1) is 11.8 Å². The van der Waals surface area contributed by atoms with Crippen LogP contribution in [0.25, 0.3) is 6.08 Å². The molecule has 45 heavy (non-hydrogen) atoms. The molecule has 0 aliphatic carbocycles. The van der Waals surface area contributed by atoms with Crippen molar-refractivity contribution in [1.29, 1.82) is 0 Å². The van der Waals surface area contributed by atoms with Gasteiger partial charge in [-0.1, -0.05) is 43.3 Å². The minimum atomic E-state index is -0.518. The molecule has 8 nitrogen and oxygen atoms in total. The molecule has 0 fully saturated rings. The minimum absolute atomic E-state index is 0.0266. The number of nitrogens with one attached hydrogen (secondary N) is 3. The Labute approximate surface area is 268 Å². The summed E-state index contributed by atoms with van der Waals surface area (Å²) in [4.78, 5) is 40.4. The zero-order valence-corrected chi connectivity index (χ0v) is 26.8. The van der Waals surface area contributed by atoms with Crippen LogP contribution in [-0.2, 0) is 16.0 Å². The number of amides is 3. The number of methoxy groups -OCH3 is 2. The SMILES string of the molecule is CCc1cccc(C)c1NC(=O)C(C)Sc1ccc(NC(=O)/C(=C/c2ccc(OC)cc2OC)NC(=O)c2ccccc2)cc1. The Hall–Kier alpha value is -5.02. The number of hydrogen-bond donors (Lipinski definition) is 3. The van der Waals surface area contributed by atoms with Crippen LogP contribution in [-0.4, -0.2) is 37.2 Å². The van der Waals surface area contributed by atoms with Gasteiger partial charge >= 0.3 is 0 Å². The van der Waals surface area contributed by atoms with Gasteiger partial charge in [-0.2, -0.15) is 0 Å². The van der Waals surface area contributed by atoms with E-state index in [1.54, 1.807) is 67.8 Å². The lowest BCUT2D eigenvalue weighted by molar-refractivity contribution is -0.115. The highest BCUT2D eigenvalue weighted by molar-refractivity contribution is 8.00. The Morgan fingerprint density at radius 3 is 2.27 bits per heavy atom. The molecular weight excluding hydrogens is 586 g/mol. The fraction of sp³-hybridized carbons (Fsp3) is 0.194. The number of benzene rings is 4. The van der Waals surface area contributed by atoms with Gasteiger partial charge in [-0.25, -0.2) is 0 Å². The van der Waals surface area contributed by atoms with Crippen molar-refractivity contribution >= 4 is 46.9 Å². The Kier molecular flexibility index (Phi) is 11.4. The van der Waals surface area contributed by atoms with Crippen molar-refractivity contribution in [1.82, 2.24) is 5.32 Å². The highest BCUT2D eigenvalue weighted by atomic mass is 32.2. The van der Waals surface area contributed by atoms with Gasteiger partial charge in [0.2, 0.25) is 5.91 Å². The maximum atomic E-state index is 13.5. The van der Waals surface area contributed by atoms with Gasteiger partial charge < -0.3 is 25.4 Å². The van der Waals surface area contributed by atoms with E-state index in [2.05, 4.69) is 22.9 Å². The molecule has 0 aromatic heterocycles. The molecule has 1 unspecified atom stereocenters. The zero-order valence-electron chi connectivity index (χ0n) is 26.0. The number of carbonyl (C=O) groups is 3. The van der Waals surface area contributed by atoms with Crippen LogP contribution in [0.5, 0.6) is 11.5 Å². The van der Waals surface area contributed by atoms with Crippen molar-refractivity contribution in [3.8, 4) is 11.5 Å². The average molecular weight is 624 g/mol. The Balaban J connectivity index is 1.49. The number of para-hydroxylation sites is 1. The van der Waals surface area contributed by atoms with E-state index >= 15 is 0 Å². The summed E-state index contributed by atoms with van der Waals surface area (Å²) in [6, 6.07) is 27.0. The normalized spacial score (nSPS) is 11.7. The lowest BCUT2D eigenvalue weighted by Crippen LogP contribution is -2.30. The Bertz CT molecular complexity index is 1690. The molecule has 9 heteroatoms. The van der Waals surface area contributed by atoms with Gasteiger partial charge in [0, 0.05) is 33.5 Å². The first-order valence-electron chi connectivity index (χ1n) is 14.5. The first kappa shape index (κ1) is 32.9. The first-order chi connectivity index (χ1) is 21.7. The summed E-state index contributed by atoms with van der Waals surface area (Å²) in [7, 11) is 3.07. The maximum Gasteiger partial charge on any atom is 0.272 e. The molecule has 1 atom stereocenters. The van der Waals surface area contributed by atoms with Crippen LogP contribution in [0.4, 0.5) is 11.4 Å². The van der Waals surface area contributed by atoms with Gasteiger partial charge in [-0.05, 0) is 86.0 Å².